The third-order valence-corrected chi connectivity index (χ3v) is 1.55. The van der Waals surface area contributed by atoms with E-state index in [1.165, 1.54) is 19.6 Å². The van der Waals surface area contributed by atoms with Crippen LogP contribution in [0.1, 0.15) is 20.8 Å². The van der Waals surface area contributed by atoms with E-state index in [2.05, 4.69) is 32.3 Å². The van der Waals surface area contributed by atoms with Crippen molar-refractivity contribution in [3.63, 3.8) is 0 Å². The molecule has 0 aromatic carbocycles. The zero-order chi connectivity index (χ0) is 9.98. The highest BCUT2D eigenvalue weighted by atomic mass is 16.4. The molecular formula is C8H20BNO2. The molecular weight excluding hydrogens is 153 g/mol. The van der Waals surface area contributed by atoms with Gasteiger partial charge in [-0.25, -0.2) is 0 Å². The lowest BCUT2D eigenvalue weighted by atomic mass is 9.94. The first-order chi connectivity index (χ1) is 5.62. The molecule has 0 radical (unpaired) electrons. The average molecular weight is 173 g/mol. The maximum absolute atomic E-state index is 7.80. The molecule has 12 heavy (non-hydrogen) atoms. The van der Waals surface area contributed by atoms with Crippen molar-refractivity contribution in [2.75, 3.05) is 19.6 Å². The molecule has 2 N–H and O–H groups in total. The van der Waals surface area contributed by atoms with Gasteiger partial charge in [-0.1, -0.05) is 26.7 Å². The van der Waals surface area contributed by atoms with E-state index in [9.17, 15) is 0 Å². The summed E-state index contributed by atoms with van der Waals surface area (Å²) in [5.41, 5.74) is 0. The van der Waals surface area contributed by atoms with Gasteiger partial charge in [0.05, 0.1) is 0 Å². The average Bonchev–Trinajstić information content (AvgIpc) is 2.09. The normalized spacial score (nSPS) is 8.83. The standard InChI is InChI=1S/C6H15N.C2H5BO2/c1-4-7(5-2)6-3;1-2-3(4)5/h4-6H2,1-3H3;2,4-5H,1H2. The molecule has 72 valence electrons. The monoisotopic (exact) mass is 173 g/mol. The van der Waals surface area contributed by atoms with Crippen LogP contribution >= 0.6 is 0 Å². The third-order valence-electron chi connectivity index (χ3n) is 1.55. The van der Waals surface area contributed by atoms with Crippen LogP contribution in [0.3, 0.4) is 0 Å². The van der Waals surface area contributed by atoms with E-state index in [1.807, 2.05) is 0 Å². The molecule has 0 aliphatic carbocycles. The predicted molar refractivity (Wildman–Crippen MR) is 53.9 cm³/mol. The zero-order valence-corrected chi connectivity index (χ0v) is 8.32. The highest BCUT2D eigenvalue weighted by Gasteiger charge is 1.92. The van der Waals surface area contributed by atoms with Crippen molar-refractivity contribution in [3.8, 4) is 0 Å². The maximum Gasteiger partial charge on any atom is 0.480 e. The Bertz CT molecular complexity index is 89.5. The smallest absolute Gasteiger partial charge is 0.424 e. The van der Waals surface area contributed by atoms with Gasteiger partial charge in [-0.2, -0.15) is 0 Å². The first-order valence-electron chi connectivity index (χ1n) is 4.33. The largest absolute Gasteiger partial charge is 0.480 e. The van der Waals surface area contributed by atoms with Crippen LogP contribution < -0.4 is 0 Å². The summed E-state index contributed by atoms with van der Waals surface area (Å²) < 4.78 is 0. The summed E-state index contributed by atoms with van der Waals surface area (Å²) in [6.07, 6.45) is 0. The van der Waals surface area contributed by atoms with Crippen molar-refractivity contribution in [2.45, 2.75) is 20.8 Å². The molecule has 0 saturated heterocycles. The van der Waals surface area contributed by atoms with Crippen LogP contribution in [0.15, 0.2) is 12.6 Å². The van der Waals surface area contributed by atoms with Crippen molar-refractivity contribution >= 4 is 7.12 Å². The Morgan fingerprint density at radius 3 is 1.42 bits per heavy atom. The van der Waals surface area contributed by atoms with Gasteiger partial charge in [0.1, 0.15) is 0 Å². The Morgan fingerprint density at radius 2 is 1.42 bits per heavy atom. The van der Waals surface area contributed by atoms with Crippen LogP contribution in [0, 0.1) is 0 Å². The molecule has 0 aromatic heterocycles. The van der Waals surface area contributed by atoms with Gasteiger partial charge in [0.15, 0.2) is 0 Å². The summed E-state index contributed by atoms with van der Waals surface area (Å²) in [5, 5.41) is 15.6. The maximum atomic E-state index is 7.80. The predicted octanol–water partition coefficient (Wildman–Crippen LogP) is 0.532. The van der Waals surface area contributed by atoms with Gasteiger partial charge in [0.25, 0.3) is 0 Å². The molecule has 0 bridgehead atoms. The van der Waals surface area contributed by atoms with Crippen molar-refractivity contribution < 1.29 is 10.0 Å². The Labute approximate surface area is 75.9 Å². The molecule has 0 aromatic rings. The van der Waals surface area contributed by atoms with E-state index in [0.29, 0.717) is 0 Å². The van der Waals surface area contributed by atoms with E-state index in [0.717, 1.165) is 5.98 Å². The minimum atomic E-state index is -1.35. The molecule has 3 nitrogen and oxygen atoms in total. The number of hydrogen-bond acceptors (Lipinski definition) is 3. The summed E-state index contributed by atoms with van der Waals surface area (Å²) in [6, 6.07) is 0. The first kappa shape index (κ1) is 14.2. The van der Waals surface area contributed by atoms with Crippen LogP contribution in [-0.2, 0) is 0 Å². The second-order valence-electron chi connectivity index (χ2n) is 2.27. The minimum absolute atomic E-state index is 1.03. The lowest BCUT2D eigenvalue weighted by molar-refractivity contribution is 0.321. The quantitative estimate of drug-likeness (QED) is 0.609. The van der Waals surface area contributed by atoms with E-state index in [-0.39, 0.29) is 0 Å². The fraction of sp³-hybridized carbons (Fsp3) is 0.750. The fourth-order valence-corrected chi connectivity index (χ4v) is 0.671. The molecule has 0 amide bonds. The molecule has 4 heteroatoms. The number of hydrogen-bond donors (Lipinski definition) is 2. The van der Waals surface area contributed by atoms with E-state index < -0.39 is 7.12 Å². The Balaban J connectivity index is 0. The molecule has 0 heterocycles. The molecule has 0 atom stereocenters. The first-order valence-corrected chi connectivity index (χ1v) is 4.33. The molecule has 0 saturated carbocycles. The Kier molecular flexibility index (Phi) is 12.7. The highest BCUT2D eigenvalue weighted by Crippen LogP contribution is 1.81. The summed E-state index contributed by atoms with van der Waals surface area (Å²) in [7, 11) is -1.35. The summed E-state index contributed by atoms with van der Waals surface area (Å²) in [6.45, 7) is 13.2. The lowest BCUT2D eigenvalue weighted by Crippen LogP contribution is -2.21. The number of rotatable bonds is 4. The van der Waals surface area contributed by atoms with Gasteiger partial charge < -0.3 is 14.9 Å². The van der Waals surface area contributed by atoms with Crippen molar-refractivity contribution in [1.29, 1.82) is 0 Å². The zero-order valence-electron chi connectivity index (χ0n) is 8.32. The van der Waals surface area contributed by atoms with Gasteiger partial charge in [0.2, 0.25) is 0 Å². The van der Waals surface area contributed by atoms with Gasteiger partial charge in [-0.15, -0.1) is 6.58 Å². The summed E-state index contributed by atoms with van der Waals surface area (Å²) in [4.78, 5) is 2.38. The molecule has 0 rings (SSSR count). The van der Waals surface area contributed by atoms with E-state index in [1.54, 1.807) is 0 Å². The second kappa shape index (κ2) is 10.7. The molecule has 0 spiro atoms. The SMILES string of the molecule is C=CB(O)O.CCN(CC)CC. The molecule has 0 aliphatic rings. The number of nitrogens with zero attached hydrogens (tertiary/aromatic N) is 1. The molecule has 0 aliphatic heterocycles. The van der Waals surface area contributed by atoms with Crippen LogP contribution in [0.25, 0.3) is 0 Å². The second-order valence-corrected chi connectivity index (χ2v) is 2.27. The highest BCUT2D eigenvalue weighted by molar-refractivity contribution is 6.47. The Hall–Kier alpha value is -0.315. The topological polar surface area (TPSA) is 43.7 Å². The molecule has 0 fully saturated rings. The minimum Gasteiger partial charge on any atom is -0.424 e. The van der Waals surface area contributed by atoms with E-state index >= 15 is 0 Å². The van der Waals surface area contributed by atoms with Crippen molar-refractivity contribution in [3.05, 3.63) is 12.6 Å². The van der Waals surface area contributed by atoms with Crippen LogP contribution in [0.5, 0.6) is 0 Å². The third kappa shape index (κ3) is 12.4. The molecule has 0 unspecified atom stereocenters. The van der Waals surface area contributed by atoms with Gasteiger partial charge in [-0.3, -0.25) is 0 Å². The Morgan fingerprint density at radius 1 is 1.17 bits per heavy atom. The van der Waals surface area contributed by atoms with Crippen molar-refractivity contribution in [2.24, 2.45) is 0 Å². The van der Waals surface area contributed by atoms with Crippen LogP contribution in [0.2, 0.25) is 0 Å². The summed E-state index contributed by atoms with van der Waals surface area (Å²) >= 11 is 0. The fourth-order valence-electron chi connectivity index (χ4n) is 0.671. The van der Waals surface area contributed by atoms with Crippen LogP contribution in [-0.4, -0.2) is 41.7 Å². The van der Waals surface area contributed by atoms with Gasteiger partial charge >= 0.3 is 7.12 Å². The van der Waals surface area contributed by atoms with Gasteiger partial charge in [-0.05, 0) is 19.6 Å². The van der Waals surface area contributed by atoms with Crippen molar-refractivity contribution in [1.82, 2.24) is 4.90 Å². The lowest BCUT2D eigenvalue weighted by Gasteiger charge is -2.13. The van der Waals surface area contributed by atoms with Gasteiger partial charge in [0, 0.05) is 0 Å². The summed E-state index contributed by atoms with van der Waals surface area (Å²) in [5.74, 6) is 1.03. The van der Waals surface area contributed by atoms with E-state index in [4.69, 9.17) is 10.0 Å². The van der Waals surface area contributed by atoms with Crippen LogP contribution in [0.4, 0.5) is 0 Å².